The normalized spacial score (nSPS) is 22.8. The van der Waals surface area contributed by atoms with E-state index >= 15 is 0 Å². The molecule has 0 radical (unpaired) electrons. The molecule has 0 spiro atoms. The van der Waals surface area contributed by atoms with Crippen LogP contribution in [0.5, 0.6) is 5.75 Å². The van der Waals surface area contributed by atoms with E-state index in [0.717, 1.165) is 0 Å². The molecule has 11 nitrogen and oxygen atoms in total. The highest BCUT2D eigenvalue weighted by Crippen LogP contribution is 2.41. The number of cyclic esters (lactones) is 1. The van der Waals surface area contributed by atoms with Crippen molar-refractivity contribution >= 4 is 27.9 Å². The molecule has 3 heterocycles. The van der Waals surface area contributed by atoms with Crippen LogP contribution in [0.3, 0.4) is 0 Å². The molecule has 2 fully saturated rings. The Balaban J connectivity index is 1.49. The zero-order chi connectivity index (χ0) is 23.3. The van der Waals surface area contributed by atoms with Gasteiger partial charge in [-0.1, -0.05) is 0 Å². The summed E-state index contributed by atoms with van der Waals surface area (Å²) in [4.78, 5) is 27.2. The fourth-order valence-electron chi connectivity index (χ4n) is 3.73. The van der Waals surface area contributed by atoms with Gasteiger partial charge in [-0.15, -0.1) is 0 Å². The van der Waals surface area contributed by atoms with E-state index in [1.165, 1.54) is 32.3 Å². The van der Waals surface area contributed by atoms with Gasteiger partial charge in [-0.3, -0.25) is 4.90 Å². The third-order valence-electron chi connectivity index (χ3n) is 5.28. The Morgan fingerprint density at radius 3 is 2.53 bits per heavy atom. The Kier molecular flexibility index (Phi) is 5.45. The summed E-state index contributed by atoms with van der Waals surface area (Å²) in [6.07, 6.45) is -0.430. The van der Waals surface area contributed by atoms with E-state index in [4.69, 9.17) is 14.2 Å². The first-order chi connectivity index (χ1) is 15.0. The SMILES string of the molecule is CC(C)(C)OC(=O)N1CCN(S(=O)(=O)c2ccc3c(c2)OC[C@@H]2/C(=C/O)OC(=O)N32)CC1. The number of benzene rings is 1. The lowest BCUT2D eigenvalue weighted by atomic mass is 10.1. The molecule has 4 rings (SSSR count). The monoisotopic (exact) mass is 467 g/mol. The summed E-state index contributed by atoms with van der Waals surface area (Å²) in [5.41, 5.74) is -0.269. The highest BCUT2D eigenvalue weighted by atomic mass is 32.2. The third kappa shape index (κ3) is 3.95. The molecule has 0 unspecified atom stereocenters. The molecule has 1 aromatic carbocycles. The van der Waals surface area contributed by atoms with Crippen LogP contribution in [0.4, 0.5) is 15.3 Å². The van der Waals surface area contributed by atoms with Gasteiger partial charge in [-0.05, 0) is 32.9 Å². The van der Waals surface area contributed by atoms with Crippen LogP contribution in [0.15, 0.2) is 35.1 Å². The number of aliphatic hydroxyl groups is 1. The predicted octanol–water partition coefficient (Wildman–Crippen LogP) is 2.05. The number of anilines is 1. The molecule has 0 bridgehead atoms. The Bertz CT molecular complexity index is 1070. The number of carbonyl (C=O) groups excluding carboxylic acids is 2. The van der Waals surface area contributed by atoms with E-state index in [1.54, 1.807) is 20.8 Å². The van der Waals surface area contributed by atoms with Crippen LogP contribution in [0.2, 0.25) is 0 Å². The number of hydrogen-bond acceptors (Lipinski definition) is 8. The zero-order valence-corrected chi connectivity index (χ0v) is 18.8. The van der Waals surface area contributed by atoms with Crippen LogP contribution < -0.4 is 9.64 Å². The van der Waals surface area contributed by atoms with Gasteiger partial charge in [0, 0.05) is 32.2 Å². The Labute approximate surface area is 185 Å². The number of sulfonamides is 1. The minimum atomic E-state index is -3.84. The van der Waals surface area contributed by atoms with Crippen LogP contribution in [-0.4, -0.2) is 79.3 Å². The number of carbonyl (C=O) groups is 2. The lowest BCUT2D eigenvalue weighted by Gasteiger charge is -2.35. The molecule has 0 aromatic heterocycles. The smallest absolute Gasteiger partial charge is 0.420 e. The van der Waals surface area contributed by atoms with E-state index in [0.29, 0.717) is 11.9 Å². The Morgan fingerprint density at radius 1 is 1.22 bits per heavy atom. The highest BCUT2D eigenvalue weighted by molar-refractivity contribution is 7.89. The fraction of sp³-hybridized carbons (Fsp3) is 0.500. The number of hydrogen-bond donors (Lipinski definition) is 1. The maximum Gasteiger partial charge on any atom is 0.420 e. The minimum Gasteiger partial charge on any atom is -0.512 e. The average molecular weight is 468 g/mol. The topological polar surface area (TPSA) is 126 Å². The number of rotatable bonds is 2. The number of fused-ring (bicyclic) bond motifs is 3. The quantitative estimate of drug-likeness (QED) is 0.655. The molecule has 12 heteroatoms. The van der Waals surface area contributed by atoms with Crippen molar-refractivity contribution in [3.63, 3.8) is 0 Å². The molecule has 1 aromatic rings. The molecule has 2 saturated heterocycles. The maximum absolute atomic E-state index is 13.2. The van der Waals surface area contributed by atoms with Crippen LogP contribution in [0.25, 0.3) is 0 Å². The van der Waals surface area contributed by atoms with Gasteiger partial charge in [0.15, 0.2) is 5.76 Å². The standard InChI is InChI=1S/C20H25N3O8S/c1-20(2,3)31-18(25)21-6-8-22(9-7-21)32(27,28)13-4-5-14-16(10-13)29-12-15-17(11-24)30-19(26)23(14)15/h4-5,10-11,15,24H,6-9,12H2,1-3H3/b17-11-/t15-/m1/s1. The van der Waals surface area contributed by atoms with Gasteiger partial charge >= 0.3 is 12.2 Å². The van der Waals surface area contributed by atoms with Crippen molar-refractivity contribution in [1.29, 1.82) is 0 Å². The second-order valence-electron chi connectivity index (χ2n) is 8.60. The molecule has 2 amide bonds. The number of aliphatic hydroxyl groups excluding tert-OH is 1. The minimum absolute atomic E-state index is 0.0171. The third-order valence-corrected chi connectivity index (χ3v) is 7.18. The van der Waals surface area contributed by atoms with Gasteiger partial charge in [-0.25, -0.2) is 18.0 Å². The van der Waals surface area contributed by atoms with Gasteiger partial charge < -0.3 is 24.2 Å². The van der Waals surface area contributed by atoms with Gasteiger partial charge in [-0.2, -0.15) is 4.31 Å². The van der Waals surface area contributed by atoms with E-state index in [-0.39, 0.29) is 49.2 Å². The molecule has 0 aliphatic carbocycles. The van der Waals surface area contributed by atoms with Crippen molar-refractivity contribution in [2.75, 3.05) is 37.7 Å². The summed E-state index contributed by atoms with van der Waals surface area (Å²) in [6.45, 7) is 6.02. The summed E-state index contributed by atoms with van der Waals surface area (Å²) in [5, 5.41) is 9.24. The van der Waals surface area contributed by atoms with Gasteiger partial charge in [0.25, 0.3) is 0 Å². The summed E-state index contributed by atoms with van der Waals surface area (Å²) in [6, 6.07) is 3.64. The van der Waals surface area contributed by atoms with E-state index in [1.807, 2.05) is 0 Å². The molecule has 174 valence electrons. The summed E-state index contributed by atoms with van der Waals surface area (Å²) < 4.78 is 43.6. The molecule has 3 aliphatic rings. The zero-order valence-electron chi connectivity index (χ0n) is 18.0. The van der Waals surface area contributed by atoms with Gasteiger partial charge in [0.1, 0.15) is 30.3 Å². The summed E-state index contributed by atoms with van der Waals surface area (Å²) >= 11 is 0. The van der Waals surface area contributed by atoms with Crippen LogP contribution >= 0.6 is 0 Å². The van der Waals surface area contributed by atoms with Crippen molar-refractivity contribution in [2.45, 2.75) is 37.3 Å². The van der Waals surface area contributed by atoms with Crippen LogP contribution in [-0.2, 0) is 19.5 Å². The van der Waals surface area contributed by atoms with Crippen molar-refractivity contribution in [3.8, 4) is 5.75 Å². The summed E-state index contributed by atoms with van der Waals surface area (Å²) in [5.74, 6) is 0.297. The lowest BCUT2D eigenvalue weighted by molar-refractivity contribution is 0.0192. The number of piperazine rings is 1. The molecule has 1 atom stereocenters. The molecular formula is C20H25N3O8S. The summed E-state index contributed by atoms with van der Waals surface area (Å²) in [7, 11) is -3.84. The average Bonchev–Trinajstić information content (AvgIpc) is 3.08. The number of amides is 2. The molecule has 0 saturated carbocycles. The largest absolute Gasteiger partial charge is 0.512 e. The van der Waals surface area contributed by atoms with Crippen LogP contribution in [0.1, 0.15) is 20.8 Å². The number of nitrogens with zero attached hydrogens (tertiary/aromatic N) is 3. The Hall–Kier alpha value is -2.99. The maximum atomic E-state index is 13.2. The van der Waals surface area contributed by atoms with E-state index in [9.17, 15) is 23.1 Å². The molecular weight excluding hydrogens is 442 g/mol. The molecule has 32 heavy (non-hydrogen) atoms. The first kappa shape index (κ1) is 22.2. The second-order valence-corrected chi connectivity index (χ2v) is 10.5. The van der Waals surface area contributed by atoms with E-state index < -0.39 is 33.9 Å². The van der Waals surface area contributed by atoms with E-state index in [2.05, 4.69) is 0 Å². The fourth-order valence-corrected chi connectivity index (χ4v) is 5.17. The lowest BCUT2D eigenvalue weighted by Crippen LogP contribution is -2.51. The predicted molar refractivity (Wildman–Crippen MR) is 112 cm³/mol. The van der Waals surface area contributed by atoms with Crippen molar-refractivity contribution in [1.82, 2.24) is 9.21 Å². The first-order valence-corrected chi connectivity index (χ1v) is 11.6. The van der Waals surface area contributed by atoms with Crippen molar-refractivity contribution in [3.05, 3.63) is 30.2 Å². The van der Waals surface area contributed by atoms with Crippen molar-refractivity contribution in [2.24, 2.45) is 0 Å². The molecule has 1 N–H and O–H groups in total. The first-order valence-electron chi connectivity index (χ1n) is 10.1. The van der Waals surface area contributed by atoms with Gasteiger partial charge in [0.05, 0.1) is 10.6 Å². The van der Waals surface area contributed by atoms with Gasteiger partial charge in [0.2, 0.25) is 10.0 Å². The highest BCUT2D eigenvalue weighted by Gasteiger charge is 2.44. The second kappa shape index (κ2) is 7.85. The number of ether oxygens (including phenoxy) is 3. The Morgan fingerprint density at radius 2 is 1.91 bits per heavy atom. The van der Waals surface area contributed by atoms with Crippen LogP contribution in [0, 0.1) is 0 Å². The van der Waals surface area contributed by atoms with Crippen molar-refractivity contribution < 1.29 is 37.3 Å². The molecule has 3 aliphatic heterocycles.